The Morgan fingerprint density at radius 2 is 2.15 bits per heavy atom. The van der Waals surface area contributed by atoms with Crippen molar-refractivity contribution in [3.8, 4) is 0 Å². The highest BCUT2D eigenvalue weighted by Crippen LogP contribution is 2.19. The average Bonchev–Trinajstić information content (AvgIpc) is 2.34. The van der Waals surface area contributed by atoms with Crippen LogP contribution >= 0.6 is 11.6 Å². The van der Waals surface area contributed by atoms with Gasteiger partial charge >= 0.3 is 0 Å². The molecule has 0 aromatic carbocycles. The van der Waals surface area contributed by atoms with Gasteiger partial charge in [0.1, 0.15) is 16.9 Å². The number of aromatic nitrogens is 1. The predicted molar refractivity (Wildman–Crippen MR) is 71.5 cm³/mol. The summed E-state index contributed by atoms with van der Waals surface area (Å²) in [6.45, 7) is 3.26. The lowest BCUT2D eigenvalue weighted by Crippen LogP contribution is -2.39. The second-order valence-electron chi connectivity index (χ2n) is 4.19. The van der Waals surface area contributed by atoms with Crippen LogP contribution in [-0.2, 0) is 4.79 Å². The monoisotopic (exact) mass is 300 g/mol. The molecule has 108 valence electrons. The smallest absolute Gasteiger partial charge is 0.300 e. The Bertz CT molecular complexity index is 547. The molecule has 8 nitrogen and oxygen atoms in total. The van der Waals surface area contributed by atoms with Crippen LogP contribution in [0, 0.1) is 10.1 Å². The molecule has 9 heteroatoms. The minimum atomic E-state index is -0.764. The van der Waals surface area contributed by atoms with Gasteiger partial charge in [-0.25, -0.2) is 4.98 Å². The van der Waals surface area contributed by atoms with E-state index in [-0.39, 0.29) is 23.3 Å². The molecule has 2 amide bonds. The van der Waals surface area contributed by atoms with Crippen molar-refractivity contribution < 1.29 is 14.5 Å². The van der Waals surface area contributed by atoms with E-state index in [4.69, 9.17) is 11.6 Å². The maximum atomic E-state index is 11.8. The van der Waals surface area contributed by atoms with Gasteiger partial charge < -0.3 is 10.6 Å². The summed E-state index contributed by atoms with van der Waals surface area (Å²) in [5, 5.41) is 15.6. The zero-order valence-electron chi connectivity index (χ0n) is 10.8. The van der Waals surface area contributed by atoms with Gasteiger partial charge in [-0.1, -0.05) is 11.6 Å². The molecule has 0 aliphatic rings. The first-order valence-corrected chi connectivity index (χ1v) is 6.06. The molecule has 0 bridgehead atoms. The molecule has 1 aromatic heterocycles. The molecule has 0 radical (unpaired) electrons. The van der Waals surface area contributed by atoms with Crippen molar-refractivity contribution in [3.63, 3.8) is 0 Å². The van der Waals surface area contributed by atoms with E-state index in [2.05, 4.69) is 15.6 Å². The third-order valence-electron chi connectivity index (χ3n) is 2.15. The fourth-order valence-electron chi connectivity index (χ4n) is 1.38. The van der Waals surface area contributed by atoms with Gasteiger partial charge in [-0.05, 0) is 19.9 Å². The van der Waals surface area contributed by atoms with Gasteiger partial charge in [0.15, 0.2) is 0 Å². The molecular formula is C11H13ClN4O4. The second-order valence-corrected chi connectivity index (χ2v) is 4.57. The average molecular weight is 301 g/mol. The van der Waals surface area contributed by atoms with Gasteiger partial charge in [0.25, 0.3) is 11.6 Å². The molecule has 1 heterocycles. The third-order valence-corrected chi connectivity index (χ3v) is 2.36. The minimum Gasteiger partial charge on any atom is -0.352 e. The van der Waals surface area contributed by atoms with Crippen molar-refractivity contribution in [2.75, 3.05) is 6.54 Å². The highest BCUT2D eigenvalue weighted by molar-refractivity contribution is 6.29. The van der Waals surface area contributed by atoms with E-state index < -0.39 is 22.4 Å². The highest BCUT2D eigenvalue weighted by Gasteiger charge is 2.21. The normalized spacial score (nSPS) is 10.2. The first-order valence-electron chi connectivity index (χ1n) is 5.68. The number of hydrogen-bond donors (Lipinski definition) is 2. The molecule has 0 spiro atoms. The maximum absolute atomic E-state index is 11.8. The SMILES string of the molecule is CC(C)NC(=O)CNC(=O)c1cc(Cl)ncc1[N+](=O)[O-]. The molecule has 0 aliphatic carbocycles. The van der Waals surface area contributed by atoms with E-state index >= 15 is 0 Å². The largest absolute Gasteiger partial charge is 0.352 e. The lowest BCUT2D eigenvalue weighted by molar-refractivity contribution is -0.385. The summed E-state index contributed by atoms with van der Waals surface area (Å²) >= 11 is 5.60. The zero-order valence-corrected chi connectivity index (χ0v) is 11.6. The molecule has 0 saturated heterocycles. The van der Waals surface area contributed by atoms with Crippen LogP contribution in [0.3, 0.4) is 0 Å². The van der Waals surface area contributed by atoms with Gasteiger partial charge in [0.2, 0.25) is 5.91 Å². The Balaban J connectivity index is 2.80. The van der Waals surface area contributed by atoms with E-state index in [0.717, 1.165) is 12.3 Å². The zero-order chi connectivity index (χ0) is 15.3. The first kappa shape index (κ1) is 15.8. The number of carbonyl (C=O) groups excluding carboxylic acids is 2. The van der Waals surface area contributed by atoms with Crippen molar-refractivity contribution in [3.05, 3.63) is 33.1 Å². The highest BCUT2D eigenvalue weighted by atomic mass is 35.5. The quantitative estimate of drug-likeness (QED) is 0.476. The Morgan fingerprint density at radius 3 is 2.70 bits per heavy atom. The molecule has 20 heavy (non-hydrogen) atoms. The van der Waals surface area contributed by atoms with E-state index in [1.165, 1.54) is 0 Å². The number of rotatable bonds is 5. The summed E-state index contributed by atoms with van der Waals surface area (Å²) in [7, 11) is 0. The van der Waals surface area contributed by atoms with Crippen LogP contribution in [0.2, 0.25) is 5.15 Å². The molecule has 1 rings (SSSR count). The number of carbonyl (C=O) groups is 2. The van der Waals surface area contributed by atoms with Crippen molar-refractivity contribution in [1.82, 2.24) is 15.6 Å². The number of hydrogen-bond acceptors (Lipinski definition) is 5. The lowest BCUT2D eigenvalue weighted by atomic mass is 10.2. The van der Waals surface area contributed by atoms with Crippen LogP contribution in [0.4, 0.5) is 5.69 Å². The number of nitrogens with one attached hydrogen (secondary N) is 2. The van der Waals surface area contributed by atoms with Crippen LogP contribution in [0.1, 0.15) is 24.2 Å². The van der Waals surface area contributed by atoms with Crippen LogP contribution < -0.4 is 10.6 Å². The Morgan fingerprint density at radius 1 is 1.50 bits per heavy atom. The molecular weight excluding hydrogens is 288 g/mol. The van der Waals surface area contributed by atoms with Crippen LogP contribution in [0.15, 0.2) is 12.3 Å². The van der Waals surface area contributed by atoms with Crippen LogP contribution in [0.25, 0.3) is 0 Å². The first-order chi connectivity index (χ1) is 9.31. The molecule has 0 saturated carbocycles. The fraction of sp³-hybridized carbons (Fsp3) is 0.364. The summed E-state index contributed by atoms with van der Waals surface area (Å²) in [5.74, 6) is -1.16. The summed E-state index contributed by atoms with van der Waals surface area (Å²) in [6.07, 6.45) is 0.894. The van der Waals surface area contributed by atoms with E-state index in [1.54, 1.807) is 13.8 Å². The Hall–Kier alpha value is -2.22. The predicted octanol–water partition coefficient (Wildman–Crippen LogP) is 0.898. The second kappa shape index (κ2) is 6.80. The number of pyridine rings is 1. The number of amides is 2. The third kappa shape index (κ3) is 4.47. The van der Waals surface area contributed by atoms with Gasteiger partial charge in [0.05, 0.1) is 11.5 Å². The maximum Gasteiger partial charge on any atom is 0.300 e. The molecule has 0 atom stereocenters. The molecule has 0 unspecified atom stereocenters. The summed E-state index contributed by atoms with van der Waals surface area (Å²) < 4.78 is 0. The van der Waals surface area contributed by atoms with Crippen molar-refractivity contribution in [1.29, 1.82) is 0 Å². The topological polar surface area (TPSA) is 114 Å². The summed E-state index contributed by atoms with van der Waals surface area (Å²) in [6, 6.07) is 1.01. The lowest BCUT2D eigenvalue weighted by Gasteiger charge is -2.09. The standard InChI is InChI=1S/C11H13ClN4O4/c1-6(2)15-10(17)5-14-11(18)7-3-9(12)13-4-8(7)16(19)20/h3-4,6H,5H2,1-2H3,(H,14,18)(H,15,17). The number of nitro groups is 1. The Kier molecular flexibility index (Phi) is 5.39. The van der Waals surface area contributed by atoms with Crippen LogP contribution in [0.5, 0.6) is 0 Å². The van der Waals surface area contributed by atoms with E-state index in [1.807, 2.05) is 0 Å². The van der Waals surface area contributed by atoms with Gasteiger partial charge in [0, 0.05) is 6.04 Å². The minimum absolute atomic E-state index is 0.0487. The van der Waals surface area contributed by atoms with E-state index in [0.29, 0.717) is 0 Å². The fourth-order valence-corrected chi connectivity index (χ4v) is 1.54. The number of halogens is 1. The van der Waals surface area contributed by atoms with Crippen LogP contribution in [-0.4, -0.2) is 34.3 Å². The summed E-state index contributed by atoms with van der Waals surface area (Å²) in [5.41, 5.74) is -0.719. The van der Waals surface area contributed by atoms with E-state index in [9.17, 15) is 19.7 Å². The van der Waals surface area contributed by atoms with Gasteiger partial charge in [-0.15, -0.1) is 0 Å². The molecule has 1 aromatic rings. The summed E-state index contributed by atoms with van der Waals surface area (Å²) in [4.78, 5) is 36.8. The van der Waals surface area contributed by atoms with Crippen molar-refractivity contribution in [2.45, 2.75) is 19.9 Å². The van der Waals surface area contributed by atoms with Gasteiger partial charge in [-0.3, -0.25) is 19.7 Å². The molecule has 2 N–H and O–H groups in total. The molecule has 0 aliphatic heterocycles. The number of nitrogens with zero attached hydrogens (tertiary/aromatic N) is 2. The molecule has 0 fully saturated rings. The Labute approximate surface area is 119 Å². The van der Waals surface area contributed by atoms with Crippen molar-refractivity contribution in [2.24, 2.45) is 0 Å². The van der Waals surface area contributed by atoms with Gasteiger partial charge in [-0.2, -0.15) is 0 Å². The van der Waals surface area contributed by atoms with Crippen molar-refractivity contribution >= 4 is 29.1 Å².